The molecule has 2 aromatic rings. The van der Waals surface area contributed by atoms with Gasteiger partial charge in [0.2, 0.25) is 0 Å². The number of nitrogens with one attached hydrogen (secondary N) is 2. The van der Waals surface area contributed by atoms with Crippen LogP contribution < -0.4 is 21.3 Å². The number of amides is 1. The van der Waals surface area contributed by atoms with Crippen molar-refractivity contribution < 1.29 is 9.53 Å². The van der Waals surface area contributed by atoms with Crippen molar-refractivity contribution in [1.82, 2.24) is 19.8 Å². The first-order valence-electron chi connectivity index (χ1n) is 14.1. The number of nitrogens with zero attached hydrogens (tertiary/aromatic N) is 5. The minimum Gasteiger partial charge on any atom is -0.381 e. The third-order valence-electron chi connectivity index (χ3n) is 8.11. The maximum atomic E-state index is 12.3. The lowest BCUT2D eigenvalue weighted by molar-refractivity contribution is 0.0904. The quantitative estimate of drug-likeness (QED) is 0.470. The van der Waals surface area contributed by atoms with E-state index in [0.717, 1.165) is 31.6 Å². The zero-order valence-electron chi connectivity index (χ0n) is 23.3. The molecule has 0 saturated carbocycles. The molecule has 1 aromatic heterocycles. The third-order valence-corrected chi connectivity index (χ3v) is 8.11. The zero-order chi connectivity index (χ0) is 27.4. The van der Waals surface area contributed by atoms with Crippen molar-refractivity contribution >= 4 is 34.5 Å². The van der Waals surface area contributed by atoms with Crippen LogP contribution in [0.15, 0.2) is 30.8 Å². The predicted octanol–water partition coefficient (Wildman–Crippen LogP) is 3.16. The first-order chi connectivity index (χ1) is 18.9. The number of ether oxygens (including phenoxy) is 1. The molecule has 10 nitrogen and oxygen atoms in total. The highest BCUT2D eigenvalue weighted by molar-refractivity contribution is 5.97. The van der Waals surface area contributed by atoms with E-state index in [4.69, 9.17) is 15.5 Å². The number of likely N-dealkylation sites (N-methyl/N-ethyl adjacent to an activating group) is 1. The molecule has 0 radical (unpaired) electrons. The summed E-state index contributed by atoms with van der Waals surface area (Å²) < 4.78 is 5.48. The smallest absolute Gasteiger partial charge is 0.271 e. The van der Waals surface area contributed by atoms with Gasteiger partial charge >= 0.3 is 0 Å². The van der Waals surface area contributed by atoms with Gasteiger partial charge in [-0.3, -0.25) is 9.69 Å². The van der Waals surface area contributed by atoms with Gasteiger partial charge in [-0.2, -0.15) is 0 Å². The van der Waals surface area contributed by atoms with Crippen LogP contribution in [0.2, 0.25) is 0 Å². The third kappa shape index (κ3) is 6.69. The summed E-state index contributed by atoms with van der Waals surface area (Å²) in [6.45, 7) is 14.1. The molecule has 0 aliphatic carbocycles. The van der Waals surface area contributed by atoms with Gasteiger partial charge in [-0.25, -0.2) is 9.97 Å². The van der Waals surface area contributed by atoms with E-state index in [-0.39, 0.29) is 11.7 Å². The Bertz CT molecular complexity index is 1150. The van der Waals surface area contributed by atoms with Crippen LogP contribution in [0.5, 0.6) is 0 Å². The fourth-order valence-corrected chi connectivity index (χ4v) is 5.70. The number of primary amides is 1. The summed E-state index contributed by atoms with van der Waals surface area (Å²) in [7, 11) is 2.21. The van der Waals surface area contributed by atoms with Gasteiger partial charge in [0.15, 0.2) is 17.3 Å². The fourth-order valence-electron chi connectivity index (χ4n) is 5.70. The van der Waals surface area contributed by atoms with Crippen LogP contribution in [-0.2, 0) is 4.74 Å². The molecule has 0 spiro atoms. The summed E-state index contributed by atoms with van der Waals surface area (Å²) in [5.74, 6) is 0.300. The van der Waals surface area contributed by atoms with Crippen molar-refractivity contribution in [2.24, 2.45) is 5.73 Å². The van der Waals surface area contributed by atoms with Gasteiger partial charge in [-0.05, 0) is 69.5 Å². The standard InChI is InChI=1S/C29H42N8O2/c1-20(2)25-28(32-22-10-18-39-19-11-22)34-29(26(33-25)27(30)38)31-21-4-6-23(7-5-21)36-12-8-24(9-13-36)37-16-14-35(3)15-17-37/h4-7,22,24H,1,8-19H2,2-3H3,(H2,30,38)(H2,31,32,34). The molecule has 210 valence electrons. The Labute approximate surface area is 231 Å². The zero-order valence-corrected chi connectivity index (χ0v) is 23.3. The second-order valence-corrected chi connectivity index (χ2v) is 11.0. The molecule has 3 aliphatic heterocycles. The van der Waals surface area contributed by atoms with E-state index in [1.54, 1.807) is 0 Å². The SMILES string of the molecule is C=C(C)c1nc(C(N)=O)c(Nc2ccc(N3CCC(N4CCN(C)CC4)CC3)cc2)nc1NC1CCOCC1. The largest absolute Gasteiger partial charge is 0.381 e. The molecule has 10 heteroatoms. The topological polar surface area (TPSA) is 112 Å². The molecule has 4 N–H and O–H groups in total. The monoisotopic (exact) mass is 534 g/mol. The summed E-state index contributed by atoms with van der Waals surface area (Å²) >= 11 is 0. The maximum Gasteiger partial charge on any atom is 0.271 e. The van der Waals surface area contributed by atoms with Crippen molar-refractivity contribution in [3.63, 3.8) is 0 Å². The number of hydrogen-bond donors (Lipinski definition) is 3. The highest BCUT2D eigenvalue weighted by atomic mass is 16.5. The van der Waals surface area contributed by atoms with Crippen LogP contribution in [-0.4, -0.2) is 97.3 Å². The number of allylic oxidation sites excluding steroid dienone is 1. The lowest BCUT2D eigenvalue weighted by Gasteiger charge is -2.42. The van der Waals surface area contributed by atoms with Crippen LogP contribution in [0.4, 0.5) is 23.0 Å². The molecule has 0 bridgehead atoms. The van der Waals surface area contributed by atoms with Gasteiger partial charge in [0, 0.05) is 75.9 Å². The number of nitrogens with two attached hydrogens (primary N) is 1. The molecule has 39 heavy (non-hydrogen) atoms. The van der Waals surface area contributed by atoms with Crippen LogP contribution >= 0.6 is 0 Å². The minimum absolute atomic E-state index is 0.0978. The van der Waals surface area contributed by atoms with E-state index in [0.29, 0.717) is 42.2 Å². The Morgan fingerprint density at radius 2 is 1.62 bits per heavy atom. The van der Waals surface area contributed by atoms with Crippen molar-refractivity contribution in [2.75, 3.05) is 75.1 Å². The normalized spacial score (nSPS) is 20.1. The van der Waals surface area contributed by atoms with Gasteiger partial charge in [0.05, 0.1) is 0 Å². The average molecular weight is 535 g/mol. The molecule has 5 rings (SSSR count). The van der Waals surface area contributed by atoms with Crippen molar-refractivity contribution in [3.8, 4) is 0 Å². The molecule has 3 saturated heterocycles. The average Bonchev–Trinajstić information content (AvgIpc) is 2.94. The van der Waals surface area contributed by atoms with E-state index in [9.17, 15) is 4.79 Å². The van der Waals surface area contributed by atoms with E-state index < -0.39 is 5.91 Å². The van der Waals surface area contributed by atoms with Crippen LogP contribution in [0.1, 0.15) is 48.8 Å². The molecule has 4 heterocycles. The van der Waals surface area contributed by atoms with Crippen LogP contribution in [0.3, 0.4) is 0 Å². The molecular formula is C29H42N8O2. The Hall–Kier alpha value is -3.21. The number of anilines is 4. The maximum absolute atomic E-state index is 12.3. The number of carbonyl (C=O) groups excluding carboxylic acids is 1. The lowest BCUT2D eigenvalue weighted by Crippen LogP contribution is -2.52. The first-order valence-corrected chi connectivity index (χ1v) is 14.1. The molecule has 3 fully saturated rings. The first kappa shape index (κ1) is 27.4. The highest BCUT2D eigenvalue weighted by Crippen LogP contribution is 2.29. The molecule has 0 atom stereocenters. The number of benzene rings is 1. The highest BCUT2D eigenvalue weighted by Gasteiger charge is 2.27. The van der Waals surface area contributed by atoms with Gasteiger partial charge in [0.25, 0.3) is 5.91 Å². The Balaban J connectivity index is 1.27. The van der Waals surface area contributed by atoms with E-state index >= 15 is 0 Å². The number of carbonyl (C=O) groups is 1. The Morgan fingerprint density at radius 1 is 0.949 bits per heavy atom. The summed E-state index contributed by atoms with van der Waals surface area (Å²) in [6.07, 6.45) is 4.15. The number of piperazine rings is 1. The van der Waals surface area contributed by atoms with Crippen molar-refractivity contribution in [1.29, 1.82) is 0 Å². The lowest BCUT2D eigenvalue weighted by atomic mass is 10.0. The molecular weight excluding hydrogens is 492 g/mol. The number of rotatable bonds is 8. The minimum atomic E-state index is -0.634. The van der Waals surface area contributed by atoms with E-state index in [2.05, 4.69) is 56.1 Å². The molecule has 1 aromatic carbocycles. The van der Waals surface area contributed by atoms with Crippen LogP contribution in [0.25, 0.3) is 5.57 Å². The van der Waals surface area contributed by atoms with Gasteiger partial charge in [-0.1, -0.05) is 6.58 Å². The summed E-state index contributed by atoms with van der Waals surface area (Å²) in [4.78, 5) is 29.2. The molecule has 3 aliphatic rings. The molecule has 1 amide bonds. The van der Waals surface area contributed by atoms with Crippen LogP contribution in [0, 0.1) is 0 Å². The number of piperidine rings is 1. The number of hydrogen-bond acceptors (Lipinski definition) is 9. The molecule has 0 unspecified atom stereocenters. The second kappa shape index (κ2) is 12.3. The van der Waals surface area contributed by atoms with Gasteiger partial charge in [0.1, 0.15) is 5.69 Å². The fraction of sp³-hybridized carbons (Fsp3) is 0.552. The van der Waals surface area contributed by atoms with Gasteiger partial charge in [-0.15, -0.1) is 0 Å². The van der Waals surface area contributed by atoms with Crippen molar-refractivity contribution in [2.45, 2.75) is 44.7 Å². The number of aromatic nitrogens is 2. The Kier molecular flexibility index (Phi) is 8.64. The Morgan fingerprint density at radius 3 is 2.23 bits per heavy atom. The summed E-state index contributed by atoms with van der Waals surface area (Å²) in [5, 5.41) is 6.77. The summed E-state index contributed by atoms with van der Waals surface area (Å²) in [6, 6.07) is 9.20. The van der Waals surface area contributed by atoms with Crippen molar-refractivity contribution in [3.05, 3.63) is 42.2 Å². The van der Waals surface area contributed by atoms with E-state index in [1.807, 2.05) is 19.1 Å². The van der Waals surface area contributed by atoms with E-state index in [1.165, 1.54) is 44.7 Å². The summed E-state index contributed by atoms with van der Waals surface area (Å²) in [5.41, 5.74) is 9.10. The second-order valence-electron chi connectivity index (χ2n) is 11.0. The predicted molar refractivity (Wildman–Crippen MR) is 157 cm³/mol. The van der Waals surface area contributed by atoms with Gasteiger partial charge < -0.3 is 30.9 Å².